The van der Waals surface area contributed by atoms with E-state index >= 15 is 0 Å². The van der Waals surface area contributed by atoms with Crippen LogP contribution in [0, 0.1) is 6.92 Å². The van der Waals surface area contributed by atoms with E-state index in [9.17, 15) is 4.79 Å². The molecular formula is C12H16N2O2. The van der Waals surface area contributed by atoms with Gasteiger partial charge in [-0.25, -0.2) is 4.79 Å². The molecule has 0 aliphatic heterocycles. The van der Waals surface area contributed by atoms with E-state index in [2.05, 4.69) is 5.32 Å². The molecule has 0 heterocycles. The summed E-state index contributed by atoms with van der Waals surface area (Å²) in [5, 5.41) is 2.69. The van der Waals surface area contributed by atoms with Gasteiger partial charge in [0, 0.05) is 11.7 Å². The topological polar surface area (TPSA) is 64.3 Å². The maximum Gasteiger partial charge on any atom is 0.411 e. The average Bonchev–Trinajstić information content (AvgIpc) is 2.15. The van der Waals surface area contributed by atoms with Gasteiger partial charge < -0.3 is 10.5 Å². The number of anilines is 1. The highest BCUT2D eigenvalue weighted by molar-refractivity contribution is 5.84. The minimum Gasteiger partial charge on any atom is -0.446 e. The van der Waals surface area contributed by atoms with E-state index in [1.54, 1.807) is 0 Å². The molecule has 3 N–H and O–H groups in total. The van der Waals surface area contributed by atoms with Gasteiger partial charge in [0.15, 0.2) is 0 Å². The van der Waals surface area contributed by atoms with Crippen LogP contribution in [0.5, 0.6) is 0 Å². The van der Waals surface area contributed by atoms with Crippen LogP contribution in [-0.2, 0) is 4.74 Å². The summed E-state index contributed by atoms with van der Waals surface area (Å²) in [6, 6.07) is 7.79. The molecule has 0 aromatic heterocycles. The molecule has 1 fully saturated rings. The molecule has 0 spiro atoms. The standard InChI is InChI=1S/C12H16N2O2/c1-8-3-2-4-10(5-8)14-12(15)16-11-6-9(13)7-11/h2-5,9,11H,6-7,13H2,1H3,(H,14,15). The molecule has 0 bridgehead atoms. The molecule has 1 amide bonds. The molecule has 1 aliphatic carbocycles. The van der Waals surface area contributed by atoms with Gasteiger partial charge in [-0.15, -0.1) is 0 Å². The molecule has 2 rings (SSSR count). The van der Waals surface area contributed by atoms with E-state index in [1.165, 1.54) is 0 Å². The predicted molar refractivity (Wildman–Crippen MR) is 62.3 cm³/mol. The fourth-order valence-corrected chi connectivity index (χ4v) is 1.72. The second kappa shape index (κ2) is 4.53. The van der Waals surface area contributed by atoms with Crippen LogP contribution in [-0.4, -0.2) is 18.2 Å². The third-order valence-electron chi connectivity index (χ3n) is 2.67. The fourth-order valence-electron chi connectivity index (χ4n) is 1.72. The number of carbonyl (C=O) groups excluding carboxylic acids is 1. The Bertz CT molecular complexity index is 386. The lowest BCUT2D eigenvalue weighted by molar-refractivity contribution is 0.0503. The Kier molecular flexibility index (Phi) is 3.10. The van der Waals surface area contributed by atoms with Gasteiger partial charge in [0.25, 0.3) is 0 Å². The number of nitrogens with one attached hydrogen (secondary N) is 1. The van der Waals surface area contributed by atoms with Gasteiger partial charge in [-0.3, -0.25) is 5.32 Å². The molecule has 86 valence electrons. The Labute approximate surface area is 94.8 Å². The average molecular weight is 220 g/mol. The quantitative estimate of drug-likeness (QED) is 0.801. The van der Waals surface area contributed by atoms with Gasteiger partial charge in [0.05, 0.1) is 0 Å². The zero-order valence-electron chi connectivity index (χ0n) is 9.27. The minimum absolute atomic E-state index is 0.0141. The molecule has 0 unspecified atom stereocenters. The third kappa shape index (κ3) is 2.73. The summed E-state index contributed by atoms with van der Waals surface area (Å²) < 4.78 is 5.17. The van der Waals surface area contributed by atoms with E-state index in [0.29, 0.717) is 0 Å². The SMILES string of the molecule is Cc1cccc(NC(=O)OC2CC(N)C2)c1. The van der Waals surface area contributed by atoms with E-state index < -0.39 is 6.09 Å². The molecule has 1 aliphatic rings. The van der Waals surface area contributed by atoms with Crippen LogP contribution in [0.25, 0.3) is 0 Å². The van der Waals surface area contributed by atoms with Crippen LogP contribution in [0.15, 0.2) is 24.3 Å². The van der Waals surface area contributed by atoms with Crippen LogP contribution >= 0.6 is 0 Å². The van der Waals surface area contributed by atoms with Gasteiger partial charge in [-0.1, -0.05) is 12.1 Å². The zero-order chi connectivity index (χ0) is 11.5. The van der Waals surface area contributed by atoms with Crippen LogP contribution < -0.4 is 11.1 Å². The molecule has 1 aromatic rings. The third-order valence-corrected chi connectivity index (χ3v) is 2.67. The largest absolute Gasteiger partial charge is 0.446 e. The molecule has 1 saturated carbocycles. The Hall–Kier alpha value is -1.55. The smallest absolute Gasteiger partial charge is 0.411 e. The molecule has 0 saturated heterocycles. The number of rotatable bonds is 2. The van der Waals surface area contributed by atoms with Crippen molar-refractivity contribution in [3.8, 4) is 0 Å². The summed E-state index contributed by atoms with van der Waals surface area (Å²) in [7, 11) is 0. The van der Waals surface area contributed by atoms with Crippen molar-refractivity contribution in [2.75, 3.05) is 5.32 Å². The Balaban J connectivity index is 1.83. The molecule has 16 heavy (non-hydrogen) atoms. The Morgan fingerprint density at radius 1 is 1.50 bits per heavy atom. The number of nitrogens with two attached hydrogens (primary N) is 1. The van der Waals surface area contributed by atoms with Gasteiger partial charge >= 0.3 is 6.09 Å². The highest BCUT2D eigenvalue weighted by Gasteiger charge is 2.29. The number of ether oxygens (including phenoxy) is 1. The first-order valence-corrected chi connectivity index (χ1v) is 5.43. The van der Waals surface area contributed by atoms with E-state index in [0.717, 1.165) is 24.1 Å². The summed E-state index contributed by atoms with van der Waals surface area (Å²) in [5.41, 5.74) is 7.46. The summed E-state index contributed by atoms with van der Waals surface area (Å²) in [4.78, 5) is 11.5. The first-order chi connectivity index (χ1) is 7.63. The number of benzene rings is 1. The van der Waals surface area contributed by atoms with E-state index in [1.807, 2.05) is 31.2 Å². The second-order valence-corrected chi connectivity index (χ2v) is 4.25. The summed E-state index contributed by atoms with van der Waals surface area (Å²) >= 11 is 0. The Morgan fingerprint density at radius 3 is 2.88 bits per heavy atom. The van der Waals surface area contributed by atoms with Crippen molar-refractivity contribution in [1.82, 2.24) is 0 Å². The van der Waals surface area contributed by atoms with Crippen molar-refractivity contribution >= 4 is 11.8 Å². The van der Waals surface area contributed by atoms with E-state index in [4.69, 9.17) is 10.5 Å². The van der Waals surface area contributed by atoms with Crippen LogP contribution in [0.3, 0.4) is 0 Å². The van der Waals surface area contributed by atoms with Crippen LogP contribution in [0.4, 0.5) is 10.5 Å². The monoisotopic (exact) mass is 220 g/mol. The second-order valence-electron chi connectivity index (χ2n) is 4.25. The number of hydrogen-bond donors (Lipinski definition) is 2. The van der Waals surface area contributed by atoms with Gasteiger partial charge in [-0.05, 0) is 37.5 Å². The molecule has 0 radical (unpaired) electrons. The number of aryl methyl sites for hydroxylation is 1. The lowest BCUT2D eigenvalue weighted by Crippen LogP contribution is -2.43. The van der Waals surface area contributed by atoms with Gasteiger partial charge in [0.1, 0.15) is 6.10 Å². The normalized spacial score (nSPS) is 23.4. The lowest BCUT2D eigenvalue weighted by atomic mass is 9.90. The minimum atomic E-state index is -0.400. The van der Waals surface area contributed by atoms with E-state index in [-0.39, 0.29) is 12.1 Å². The molecular weight excluding hydrogens is 204 g/mol. The zero-order valence-corrected chi connectivity index (χ0v) is 9.27. The highest BCUT2D eigenvalue weighted by Crippen LogP contribution is 2.21. The van der Waals surface area contributed by atoms with Crippen LogP contribution in [0.1, 0.15) is 18.4 Å². The fraction of sp³-hybridized carbons (Fsp3) is 0.417. The number of amides is 1. The van der Waals surface area contributed by atoms with Crippen LogP contribution in [0.2, 0.25) is 0 Å². The van der Waals surface area contributed by atoms with Crippen molar-refractivity contribution in [3.05, 3.63) is 29.8 Å². The lowest BCUT2D eigenvalue weighted by Gasteiger charge is -2.31. The van der Waals surface area contributed by atoms with Gasteiger partial charge in [0.2, 0.25) is 0 Å². The Morgan fingerprint density at radius 2 is 2.25 bits per heavy atom. The maximum atomic E-state index is 11.5. The number of carbonyl (C=O) groups is 1. The van der Waals surface area contributed by atoms with Crippen molar-refractivity contribution in [3.63, 3.8) is 0 Å². The summed E-state index contributed by atoms with van der Waals surface area (Å²) in [6.45, 7) is 1.97. The maximum absolute atomic E-state index is 11.5. The molecule has 4 nitrogen and oxygen atoms in total. The first-order valence-electron chi connectivity index (χ1n) is 5.43. The number of hydrogen-bond acceptors (Lipinski definition) is 3. The molecule has 0 atom stereocenters. The van der Waals surface area contributed by atoms with Gasteiger partial charge in [-0.2, -0.15) is 0 Å². The predicted octanol–water partition coefficient (Wildman–Crippen LogP) is 2.03. The van der Waals surface area contributed by atoms with Crippen molar-refractivity contribution in [2.45, 2.75) is 31.9 Å². The highest BCUT2D eigenvalue weighted by atomic mass is 16.6. The summed E-state index contributed by atoms with van der Waals surface area (Å²) in [6.07, 6.45) is 1.12. The molecule has 1 aromatic carbocycles. The summed E-state index contributed by atoms with van der Waals surface area (Å²) in [5.74, 6) is 0. The van der Waals surface area contributed by atoms with Crippen molar-refractivity contribution in [2.24, 2.45) is 5.73 Å². The first kappa shape index (κ1) is 11.0. The van der Waals surface area contributed by atoms with Crippen molar-refractivity contribution in [1.29, 1.82) is 0 Å². The van der Waals surface area contributed by atoms with Crippen molar-refractivity contribution < 1.29 is 9.53 Å². The molecule has 4 heteroatoms.